The highest BCUT2D eigenvalue weighted by Crippen LogP contribution is 2.35. The van der Waals surface area contributed by atoms with Crippen molar-refractivity contribution in [3.8, 4) is 0 Å². The van der Waals surface area contributed by atoms with Gasteiger partial charge in [-0.2, -0.15) is 0 Å². The van der Waals surface area contributed by atoms with Crippen molar-refractivity contribution < 1.29 is 9.59 Å². The summed E-state index contributed by atoms with van der Waals surface area (Å²) in [7, 11) is 0. The zero-order valence-electron chi connectivity index (χ0n) is 12.9. The van der Waals surface area contributed by atoms with Crippen molar-refractivity contribution in [1.29, 1.82) is 0 Å². The maximum absolute atomic E-state index is 12.0. The Kier molecular flexibility index (Phi) is 5.36. The molecule has 0 radical (unpaired) electrons. The molecule has 8 heteroatoms. The highest BCUT2D eigenvalue weighted by Gasteiger charge is 2.20. The minimum absolute atomic E-state index is 0.340. The number of aromatic nitrogens is 2. The van der Waals surface area contributed by atoms with Crippen LogP contribution in [-0.4, -0.2) is 33.7 Å². The van der Waals surface area contributed by atoms with Crippen LogP contribution in [0.1, 0.15) is 24.3 Å². The summed E-state index contributed by atoms with van der Waals surface area (Å²) in [5.41, 5.74) is 1.14. The first-order valence-corrected chi connectivity index (χ1v) is 8.59. The van der Waals surface area contributed by atoms with Crippen LogP contribution in [0.25, 0.3) is 10.2 Å². The number of imide groups is 1. The second-order valence-corrected chi connectivity index (χ2v) is 7.28. The number of hydrogen-bond donors (Lipinski definition) is 2. The van der Waals surface area contributed by atoms with Gasteiger partial charge in [0.05, 0.1) is 5.25 Å². The predicted octanol–water partition coefficient (Wildman–Crippen LogP) is 2.63. The molecule has 0 bridgehead atoms. The molecule has 0 saturated heterocycles. The standard InChI is InChI=1S/C14H18N4O2S2/c1-5-15-14(20)18-11(19)9(4)22-13-10-7(2)8(3)21-12(10)16-6-17-13/h6,9H,5H2,1-4H3,(H2,15,18,19,20). The number of urea groups is 1. The van der Waals surface area contributed by atoms with Gasteiger partial charge in [0.15, 0.2) is 0 Å². The maximum atomic E-state index is 12.0. The number of thiophene rings is 1. The Balaban J connectivity index is 2.16. The van der Waals surface area contributed by atoms with Crippen LogP contribution in [0.2, 0.25) is 0 Å². The molecule has 22 heavy (non-hydrogen) atoms. The SMILES string of the molecule is CCNC(=O)NC(=O)C(C)Sc1ncnc2sc(C)c(C)c12. The van der Waals surface area contributed by atoms with Gasteiger partial charge >= 0.3 is 6.03 Å². The number of rotatable bonds is 4. The van der Waals surface area contributed by atoms with Crippen molar-refractivity contribution in [2.75, 3.05) is 6.54 Å². The molecule has 1 atom stereocenters. The van der Waals surface area contributed by atoms with Crippen molar-refractivity contribution >= 4 is 45.3 Å². The number of hydrogen-bond acceptors (Lipinski definition) is 6. The number of nitrogens with one attached hydrogen (secondary N) is 2. The normalized spacial score (nSPS) is 12.2. The van der Waals surface area contributed by atoms with E-state index in [-0.39, 0.29) is 5.91 Å². The first kappa shape index (κ1) is 16.7. The van der Waals surface area contributed by atoms with E-state index in [0.717, 1.165) is 20.8 Å². The van der Waals surface area contributed by atoms with Crippen LogP contribution in [0.4, 0.5) is 4.79 Å². The summed E-state index contributed by atoms with van der Waals surface area (Å²) in [5.74, 6) is -0.340. The Morgan fingerprint density at radius 3 is 2.77 bits per heavy atom. The molecule has 0 aliphatic heterocycles. The van der Waals surface area contributed by atoms with Crippen molar-refractivity contribution in [2.24, 2.45) is 0 Å². The van der Waals surface area contributed by atoms with Gasteiger partial charge in [-0.1, -0.05) is 11.8 Å². The lowest BCUT2D eigenvalue weighted by molar-refractivity contribution is -0.119. The number of thioether (sulfide) groups is 1. The zero-order valence-corrected chi connectivity index (χ0v) is 14.5. The third-order valence-electron chi connectivity index (χ3n) is 3.16. The maximum Gasteiger partial charge on any atom is 0.321 e. The van der Waals surface area contributed by atoms with Crippen LogP contribution in [0.5, 0.6) is 0 Å². The molecule has 2 N–H and O–H groups in total. The first-order valence-electron chi connectivity index (χ1n) is 6.90. The summed E-state index contributed by atoms with van der Waals surface area (Å²) >= 11 is 2.95. The second kappa shape index (κ2) is 7.06. The van der Waals surface area contributed by atoms with Gasteiger partial charge in [-0.25, -0.2) is 14.8 Å². The molecule has 0 aromatic carbocycles. The minimum Gasteiger partial charge on any atom is -0.338 e. The number of fused-ring (bicyclic) bond motifs is 1. The van der Waals surface area contributed by atoms with Gasteiger partial charge in [-0.3, -0.25) is 10.1 Å². The van der Waals surface area contributed by atoms with Gasteiger partial charge in [-0.15, -0.1) is 11.3 Å². The molecule has 2 rings (SSSR count). The summed E-state index contributed by atoms with van der Waals surface area (Å²) in [6.45, 7) is 8.09. The van der Waals surface area contributed by atoms with Gasteiger partial charge in [0.2, 0.25) is 5.91 Å². The van der Waals surface area contributed by atoms with E-state index in [1.165, 1.54) is 23.0 Å². The topological polar surface area (TPSA) is 84.0 Å². The molecule has 6 nitrogen and oxygen atoms in total. The fraction of sp³-hybridized carbons (Fsp3) is 0.429. The van der Waals surface area contributed by atoms with E-state index < -0.39 is 11.3 Å². The van der Waals surface area contributed by atoms with Crippen molar-refractivity contribution in [3.05, 3.63) is 16.8 Å². The quantitative estimate of drug-likeness (QED) is 0.661. The lowest BCUT2D eigenvalue weighted by Gasteiger charge is -2.11. The van der Waals surface area contributed by atoms with Gasteiger partial charge in [0.25, 0.3) is 0 Å². The van der Waals surface area contributed by atoms with Crippen LogP contribution in [0.3, 0.4) is 0 Å². The number of nitrogens with zero attached hydrogens (tertiary/aromatic N) is 2. The zero-order chi connectivity index (χ0) is 16.3. The molecular formula is C14H18N4O2S2. The van der Waals surface area contributed by atoms with Crippen LogP contribution < -0.4 is 10.6 Å². The predicted molar refractivity (Wildman–Crippen MR) is 89.4 cm³/mol. The van der Waals surface area contributed by atoms with Gasteiger partial charge in [0, 0.05) is 16.8 Å². The third kappa shape index (κ3) is 3.56. The summed E-state index contributed by atoms with van der Waals surface area (Å²) < 4.78 is 0. The summed E-state index contributed by atoms with van der Waals surface area (Å²) in [5, 5.41) is 6.18. The van der Waals surface area contributed by atoms with E-state index in [0.29, 0.717) is 6.54 Å². The van der Waals surface area contributed by atoms with E-state index >= 15 is 0 Å². The smallest absolute Gasteiger partial charge is 0.321 e. The third-order valence-corrected chi connectivity index (χ3v) is 5.38. The Hall–Kier alpha value is -1.67. The Morgan fingerprint density at radius 1 is 1.36 bits per heavy atom. The van der Waals surface area contributed by atoms with E-state index in [9.17, 15) is 9.59 Å². The molecule has 2 heterocycles. The van der Waals surface area contributed by atoms with Crippen LogP contribution in [0, 0.1) is 13.8 Å². The number of amides is 3. The van der Waals surface area contributed by atoms with Crippen molar-refractivity contribution in [2.45, 2.75) is 38.0 Å². The van der Waals surface area contributed by atoms with Gasteiger partial charge < -0.3 is 5.32 Å². The molecule has 2 aromatic rings. The summed E-state index contributed by atoms with van der Waals surface area (Å²) in [6, 6.07) is -0.477. The Morgan fingerprint density at radius 2 is 2.09 bits per heavy atom. The molecule has 0 saturated carbocycles. The lowest BCUT2D eigenvalue weighted by Crippen LogP contribution is -2.42. The summed E-state index contributed by atoms with van der Waals surface area (Å²) in [4.78, 5) is 34.1. The lowest BCUT2D eigenvalue weighted by atomic mass is 10.2. The van der Waals surface area contributed by atoms with Gasteiger partial charge in [-0.05, 0) is 33.3 Å². The van der Waals surface area contributed by atoms with Crippen LogP contribution in [0.15, 0.2) is 11.4 Å². The fourth-order valence-corrected chi connectivity index (χ4v) is 3.92. The van der Waals surface area contributed by atoms with E-state index in [1.54, 1.807) is 25.2 Å². The molecule has 0 aliphatic rings. The fourth-order valence-electron chi connectivity index (χ4n) is 1.88. The van der Waals surface area contributed by atoms with Crippen LogP contribution >= 0.6 is 23.1 Å². The molecule has 0 fully saturated rings. The molecule has 118 valence electrons. The Bertz CT molecular complexity index is 714. The monoisotopic (exact) mass is 338 g/mol. The van der Waals surface area contributed by atoms with E-state index in [1.807, 2.05) is 13.8 Å². The summed E-state index contributed by atoms with van der Waals surface area (Å²) in [6.07, 6.45) is 1.51. The van der Waals surface area contributed by atoms with Gasteiger partial charge in [0.1, 0.15) is 16.2 Å². The molecule has 1 unspecified atom stereocenters. The Labute approximate surface area is 137 Å². The van der Waals surface area contributed by atoms with Crippen molar-refractivity contribution in [1.82, 2.24) is 20.6 Å². The number of carbonyl (C=O) groups is 2. The molecule has 2 aromatic heterocycles. The number of carbonyl (C=O) groups excluding carboxylic acids is 2. The minimum atomic E-state index is -0.477. The first-order chi connectivity index (χ1) is 10.4. The highest BCUT2D eigenvalue weighted by molar-refractivity contribution is 8.00. The average Bonchev–Trinajstić information content (AvgIpc) is 2.75. The second-order valence-electron chi connectivity index (χ2n) is 4.75. The van der Waals surface area contributed by atoms with E-state index in [4.69, 9.17) is 0 Å². The highest BCUT2D eigenvalue weighted by atomic mass is 32.2. The van der Waals surface area contributed by atoms with Crippen LogP contribution in [-0.2, 0) is 4.79 Å². The molecule has 0 spiro atoms. The van der Waals surface area contributed by atoms with Crippen molar-refractivity contribution in [3.63, 3.8) is 0 Å². The largest absolute Gasteiger partial charge is 0.338 e. The average molecular weight is 338 g/mol. The molecule has 0 aliphatic carbocycles. The number of aryl methyl sites for hydroxylation is 2. The van der Waals surface area contributed by atoms with E-state index in [2.05, 4.69) is 20.6 Å². The molecule has 3 amide bonds. The molecular weight excluding hydrogens is 320 g/mol.